The highest BCUT2D eigenvalue weighted by atomic mass is 16.1. The van der Waals surface area contributed by atoms with E-state index < -0.39 is 0 Å². The highest BCUT2D eigenvalue weighted by Gasteiger charge is 2.17. The van der Waals surface area contributed by atoms with Crippen LogP contribution in [0.15, 0.2) is 36.7 Å². The molecular formula is C20H25N5O. The zero-order chi connectivity index (χ0) is 17.8. The van der Waals surface area contributed by atoms with Crippen molar-refractivity contribution >= 4 is 17.5 Å². The second-order valence-corrected chi connectivity index (χ2v) is 6.94. The van der Waals surface area contributed by atoms with Gasteiger partial charge in [0.2, 0.25) is 5.95 Å². The lowest BCUT2D eigenvalue weighted by Gasteiger charge is -2.31. The van der Waals surface area contributed by atoms with Gasteiger partial charge in [-0.05, 0) is 37.3 Å². The standard InChI is InChI=1S/C20H25N5O/c26-19(17-14-22-20(23-15-17)25-10-3-4-11-25)21-9-13-24-12-5-7-16-6-1-2-8-18(16)24/h1-2,6,8,14-15H,3-5,7,9-13H2,(H,21,26). The molecule has 2 aliphatic rings. The number of nitrogens with zero attached hydrogens (tertiary/aromatic N) is 4. The van der Waals surface area contributed by atoms with Crippen LogP contribution in [0.25, 0.3) is 0 Å². The first-order valence-electron chi connectivity index (χ1n) is 9.49. The molecule has 0 saturated carbocycles. The molecule has 26 heavy (non-hydrogen) atoms. The maximum Gasteiger partial charge on any atom is 0.254 e. The Morgan fingerprint density at radius 3 is 2.62 bits per heavy atom. The zero-order valence-electron chi connectivity index (χ0n) is 15.0. The largest absolute Gasteiger partial charge is 0.370 e. The molecule has 1 aromatic carbocycles. The molecule has 6 heteroatoms. The number of hydrogen-bond acceptors (Lipinski definition) is 5. The van der Waals surface area contributed by atoms with Gasteiger partial charge in [0.1, 0.15) is 0 Å². The number of aryl methyl sites for hydroxylation is 1. The number of carbonyl (C=O) groups is 1. The Morgan fingerprint density at radius 1 is 1.04 bits per heavy atom. The molecule has 0 spiro atoms. The van der Waals surface area contributed by atoms with E-state index in [0.29, 0.717) is 12.1 Å². The second kappa shape index (κ2) is 7.72. The van der Waals surface area contributed by atoms with Crippen molar-refractivity contribution in [2.45, 2.75) is 25.7 Å². The van der Waals surface area contributed by atoms with Gasteiger partial charge in [0, 0.05) is 50.8 Å². The number of anilines is 2. The molecule has 0 aliphatic carbocycles. The van der Waals surface area contributed by atoms with E-state index in [1.165, 1.54) is 24.1 Å². The molecule has 0 radical (unpaired) electrons. The maximum absolute atomic E-state index is 12.3. The van der Waals surface area contributed by atoms with Gasteiger partial charge in [-0.1, -0.05) is 18.2 Å². The van der Waals surface area contributed by atoms with Gasteiger partial charge in [-0.25, -0.2) is 9.97 Å². The summed E-state index contributed by atoms with van der Waals surface area (Å²) in [6, 6.07) is 8.53. The fourth-order valence-corrected chi connectivity index (χ4v) is 3.77. The van der Waals surface area contributed by atoms with E-state index in [-0.39, 0.29) is 5.91 Å². The minimum atomic E-state index is -0.108. The summed E-state index contributed by atoms with van der Waals surface area (Å²) in [7, 11) is 0. The zero-order valence-corrected chi connectivity index (χ0v) is 15.0. The molecule has 0 unspecified atom stereocenters. The van der Waals surface area contributed by atoms with Gasteiger partial charge in [-0.2, -0.15) is 0 Å². The molecule has 1 aromatic heterocycles. The lowest BCUT2D eigenvalue weighted by atomic mass is 10.0. The molecule has 0 atom stereocenters. The first-order valence-corrected chi connectivity index (χ1v) is 9.49. The molecule has 3 heterocycles. The number of benzene rings is 1. The Labute approximate surface area is 154 Å². The minimum absolute atomic E-state index is 0.108. The SMILES string of the molecule is O=C(NCCN1CCCc2ccccc21)c1cnc(N2CCCC2)nc1. The topological polar surface area (TPSA) is 61.4 Å². The van der Waals surface area contributed by atoms with Crippen molar-refractivity contribution in [3.63, 3.8) is 0 Å². The Kier molecular flexibility index (Phi) is 5.00. The molecule has 1 amide bonds. The van der Waals surface area contributed by atoms with Gasteiger partial charge in [0.25, 0.3) is 5.91 Å². The van der Waals surface area contributed by atoms with E-state index in [4.69, 9.17) is 0 Å². The van der Waals surface area contributed by atoms with E-state index >= 15 is 0 Å². The minimum Gasteiger partial charge on any atom is -0.370 e. The summed E-state index contributed by atoms with van der Waals surface area (Å²) in [5.74, 6) is 0.618. The van der Waals surface area contributed by atoms with Crippen LogP contribution in [0.2, 0.25) is 0 Å². The molecule has 4 rings (SSSR count). The van der Waals surface area contributed by atoms with Crippen molar-refractivity contribution in [3.05, 3.63) is 47.8 Å². The third-order valence-electron chi connectivity index (χ3n) is 5.16. The number of aromatic nitrogens is 2. The van der Waals surface area contributed by atoms with Crippen LogP contribution in [0.1, 0.15) is 35.2 Å². The van der Waals surface area contributed by atoms with E-state index in [9.17, 15) is 4.79 Å². The quantitative estimate of drug-likeness (QED) is 0.895. The van der Waals surface area contributed by atoms with Gasteiger partial charge in [0.05, 0.1) is 5.56 Å². The van der Waals surface area contributed by atoms with Crippen molar-refractivity contribution in [3.8, 4) is 0 Å². The third-order valence-corrected chi connectivity index (χ3v) is 5.16. The third kappa shape index (κ3) is 3.64. The highest BCUT2D eigenvalue weighted by molar-refractivity contribution is 5.93. The maximum atomic E-state index is 12.3. The van der Waals surface area contributed by atoms with Crippen molar-refractivity contribution in [2.75, 3.05) is 42.5 Å². The van der Waals surface area contributed by atoms with Crippen LogP contribution in [-0.2, 0) is 6.42 Å². The lowest BCUT2D eigenvalue weighted by molar-refractivity contribution is 0.0954. The fourth-order valence-electron chi connectivity index (χ4n) is 3.77. The summed E-state index contributed by atoms with van der Waals surface area (Å²) in [5.41, 5.74) is 3.22. The Morgan fingerprint density at radius 2 is 1.81 bits per heavy atom. The summed E-state index contributed by atoms with van der Waals surface area (Å²) < 4.78 is 0. The van der Waals surface area contributed by atoms with Crippen LogP contribution in [-0.4, -0.2) is 48.6 Å². The van der Waals surface area contributed by atoms with Crippen LogP contribution in [0.4, 0.5) is 11.6 Å². The van der Waals surface area contributed by atoms with E-state index in [0.717, 1.165) is 45.0 Å². The van der Waals surface area contributed by atoms with Crippen LogP contribution in [0.5, 0.6) is 0 Å². The van der Waals surface area contributed by atoms with Crippen LogP contribution in [0, 0.1) is 0 Å². The monoisotopic (exact) mass is 351 g/mol. The molecule has 1 fully saturated rings. The van der Waals surface area contributed by atoms with Crippen molar-refractivity contribution in [1.29, 1.82) is 0 Å². The molecule has 2 aromatic rings. The normalized spacial score (nSPS) is 16.5. The number of amides is 1. The first kappa shape index (κ1) is 16.8. The van der Waals surface area contributed by atoms with Gasteiger partial charge in [0.15, 0.2) is 0 Å². The van der Waals surface area contributed by atoms with Crippen LogP contribution >= 0.6 is 0 Å². The smallest absolute Gasteiger partial charge is 0.254 e. The van der Waals surface area contributed by atoms with Gasteiger partial charge < -0.3 is 15.1 Å². The molecule has 1 N–H and O–H groups in total. The van der Waals surface area contributed by atoms with Crippen molar-refractivity contribution in [2.24, 2.45) is 0 Å². The molecule has 0 bridgehead atoms. The highest BCUT2D eigenvalue weighted by Crippen LogP contribution is 2.26. The van der Waals surface area contributed by atoms with Gasteiger partial charge in [-0.15, -0.1) is 0 Å². The molecule has 136 valence electrons. The summed E-state index contributed by atoms with van der Waals surface area (Å²) in [6.45, 7) is 4.47. The van der Waals surface area contributed by atoms with E-state index in [1.54, 1.807) is 12.4 Å². The first-order chi connectivity index (χ1) is 12.8. The fraction of sp³-hybridized carbons (Fsp3) is 0.450. The van der Waals surface area contributed by atoms with E-state index in [2.05, 4.69) is 49.4 Å². The van der Waals surface area contributed by atoms with E-state index in [1.807, 2.05) is 0 Å². The van der Waals surface area contributed by atoms with Crippen LogP contribution < -0.4 is 15.1 Å². The number of para-hydroxylation sites is 1. The molecule has 6 nitrogen and oxygen atoms in total. The Bertz CT molecular complexity index is 755. The van der Waals surface area contributed by atoms with Gasteiger partial charge in [-0.3, -0.25) is 4.79 Å². The molecule has 1 saturated heterocycles. The number of nitrogens with one attached hydrogen (secondary N) is 1. The average molecular weight is 351 g/mol. The number of rotatable bonds is 5. The predicted molar refractivity (Wildman–Crippen MR) is 103 cm³/mol. The van der Waals surface area contributed by atoms with Gasteiger partial charge >= 0.3 is 0 Å². The second-order valence-electron chi connectivity index (χ2n) is 6.94. The molecular weight excluding hydrogens is 326 g/mol. The molecule has 2 aliphatic heterocycles. The summed E-state index contributed by atoms with van der Waals surface area (Å²) in [5, 5.41) is 2.99. The van der Waals surface area contributed by atoms with Crippen molar-refractivity contribution < 1.29 is 4.79 Å². The summed E-state index contributed by atoms with van der Waals surface area (Å²) in [6.07, 6.45) is 7.94. The Hall–Kier alpha value is -2.63. The van der Waals surface area contributed by atoms with Crippen molar-refractivity contribution in [1.82, 2.24) is 15.3 Å². The predicted octanol–water partition coefficient (Wildman–Crippen LogP) is 2.26. The van der Waals surface area contributed by atoms with Crippen LogP contribution in [0.3, 0.4) is 0 Å². The number of fused-ring (bicyclic) bond motifs is 1. The average Bonchev–Trinajstić information content (AvgIpc) is 3.23. The number of carbonyl (C=O) groups excluding carboxylic acids is 1. The number of hydrogen-bond donors (Lipinski definition) is 1. The summed E-state index contributed by atoms with van der Waals surface area (Å²) in [4.78, 5) is 25.6. The lowest BCUT2D eigenvalue weighted by Crippen LogP contribution is -2.37. The Balaban J connectivity index is 1.30. The summed E-state index contributed by atoms with van der Waals surface area (Å²) >= 11 is 0.